The molecule has 0 aromatic heterocycles. The van der Waals surface area contributed by atoms with E-state index in [2.05, 4.69) is 10.6 Å². The molecule has 0 amide bonds. The average molecular weight is 404 g/mol. The molecule has 1 heterocycles. The number of para-hydroxylation sites is 2. The molecule has 0 aliphatic carbocycles. The number of rotatable bonds is 4. The highest BCUT2D eigenvalue weighted by molar-refractivity contribution is 5.64. The van der Waals surface area contributed by atoms with E-state index in [1.807, 2.05) is 108 Å². The summed E-state index contributed by atoms with van der Waals surface area (Å²) in [6.45, 7) is 0. The van der Waals surface area contributed by atoms with Crippen molar-refractivity contribution in [2.75, 3.05) is 10.2 Å². The van der Waals surface area contributed by atoms with Crippen molar-refractivity contribution in [3.05, 3.63) is 120 Å². The number of hydrogen-bond donors (Lipinski definition) is 3. The molecule has 6 nitrogen and oxygen atoms in total. The molecule has 1 aliphatic heterocycles. The van der Waals surface area contributed by atoms with Gasteiger partial charge in [-0.05, 0) is 24.3 Å². The molecule has 3 aromatic carbocycles. The summed E-state index contributed by atoms with van der Waals surface area (Å²) in [5, 5.41) is 26.0. The topological polar surface area (TPSA) is 101 Å². The van der Waals surface area contributed by atoms with E-state index in [0.717, 1.165) is 16.9 Å². The van der Waals surface area contributed by atoms with Crippen LogP contribution in [0, 0.1) is 22.7 Å². The number of nitrogens with zero attached hydrogens (tertiary/aromatic N) is 3. The van der Waals surface area contributed by atoms with Crippen molar-refractivity contribution in [1.29, 1.82) is 10.5 Å². The van der Waals surface area contributed by atoms with E-state index in [1.54, 1.807) is 6.08 Å². The van der Waals surface area contributed by atoms with Crippen LogP contribution in [0.5, 0.6) is 0 Å². The molecule has 0 bridgehead atoms. The fourth-order valence-corrected chi connectivity index (χ4v) is 3.66. The van der Waals surface area contributed by atoms with Crippen molar-refractivity contribution in [2.24, 2.45) is 5.73 Å². The molecule has 0 fully saturated rings. The summed E-state index contributed by atoms with van der Waals surface area (Å²) in [4.78, 5) is 1.92. The van der Waals surface area contributed by atoms with Crippen molar-refractivity contribution >= 4 is 11.4 Å². The molecule has 1 unspecified atom stereocenters. The summed E-state index contributed by atoms with van der Waals surface area (Å²) >= 11 is 0. The number of hydrogen-bond acceptors (Lipinski definition) is 6. The Morgan fingerprint density at radius 3 is 1.97 bits per heavy atom. The van der Waals surface area contributed by atoms with Gasteiger partial charge in [-0.25, -0.2) is 0 Å². The Morgan fingerprint density at radius 1 is 0.839 bits per heavy atom. The first-order chi connectivity index (χ1) is 15.2. The molecule has 31 heavy (non-hydrogen) atoms. The maximum Gasteiger partial charge on any atom is 0.220 e. The minimum Gasteiger partial charge on any atom is -0.385 e. The van der Waals surface area contributed by atoms with Gasteiger partial charge < -0.3 is 16.4 Å². The van der Waals surface area contributed by atoms with Gasteiger partial charge >= 0.3 is 0 Å². The Hall–Kier alpha value is -4.68. The van der Waals surface area contributed by atoms with Crippen LogP contribution in [0.2, 0.25) is 0 Å². The van der Waals surface area contributed by atoms with Gasteiger partial charge in [0.1, 0.15) is 18.0 Å². The van der Waals surface area contributed by atoms with Crippen molar-refractivity contribution < 1.29 is 0 Å². The number of anilines is 2. The smallest absolute Gasteiger partial charge is 0.220 e. The Labute approximate surface area is 181 Å². The second kappa shape index (κ2) is 8.36. The van der Waals surface area contributed by atoms with Crippen molar-refractivity contribution in [2.45, 2.75) is 5.79 Å². The number of nitrogens with two attached hydrogens (primary N) is 1. The highest BCUT2D eigenvalue weighted by Crippen LogP contribution is 2.38. The zero-order valence-corrected chi connectivity index (χ0v) is 16.7. The van der Waals surface area contributed by atoms with E-state index in [4.69, 9.17) is 5.73 Å². The summed E-state index contributed by atoms with van der Waals surface area (Å²) in [7, 11) is 0. The second-order valence-electron chi connectivity index (χ2n) is 6.94. The molecule has 1 atom stereocenters. The maximum absolute atomic E-state index is 9.50. The molecule has 0 saturated carbocycles. The normalized spacial score (nSPS) is 17.5. The van der Waals surface area contributed by atoms with Crippen LogP contribution < -0.4 is 21.3 Å². The summed E-state index contributed by atoms with van der Waals surface area (Å²) in [5.74, 6) is -0.716. The Morgan fingerprint density at radius 2 is 1.39 bits per heavy atom. The fourth-order valence-electron chi connectivity index (χ4n) is 3.66. The van der Waals surface area contributed by atoms with Gasteiger partial charge in [0.2, 0.25) is 5.79 Å². The van der Waals surface area contributed by atoms with Gasteiger partial charge in [-0.1, -0.05) is 66.7 Å². The van der Waals surface area contributed by atoms with E-state index in [0.29, 0.717) is 11.5 Å². The predicted octanol–water partition coefficient (Wildman–Crippen LogP) is 4.12. The number of benzene rings is 3. The van der Waals surface area contributed by atoms with E-state index in [1.165, 1.54) is 0 Å². The third kappa shape index (κ3) is 3.66. The summed E-state index contributed by atoms with van der Waals surface area (Å²) in [6.07, 6.45) is 1.61. The minimum absolute atomic E-state index is 0.0502. The van der Waals surface area contributed by atoms with E-state index in [9.17, 15) is 10.5 Å². The zero-order chi connectivity index (χ0) is 21.7. The minimum atomic E-state index is -1.10. The predicted molar refractivity (Wildman–Crippen MR) is 121 cm³/mol. The van der Waals surface area contributed by atoms with E-state index in [-0.39, 0.29) is 5.57 Å². The molecular weight excluding hydrogens is 384 g/mol. The molecule has 4 N–H and O–H groups in total. The van der Waals surface area contributed by atoms with Gasteiger partial charge in [0.25, 0.3) is 0 Å². The molecule has 0 saturated heterocycles. The SMILES string of the molecule is N#CC(C#N)=C1C=C(N)N(c2ccccc2)C(Nc2ccccc2)(c2ccccc2)N1. The second-order valence-corrected chi connectivity index (χ2v) is 6.94. The average Bonchev–Trinajstić information content (AvgIpc) is 2.81. The molecule has 0 spiro atoms. The highest BCUT2D eigenvalue weighted by atomic mass is 15.5. The largest absolute Gasteiger partial charge is 0.385 e. The van der Waals surface area contributed by atoms with Crippen LogP contribution in [0.25, 0.3) is 0 Å². The third-order valence-corrected chi connectivity index (χ3v) is 5.00. The first kappa shape index (κ1) is 19.6. The number of allylic oxidation sites excluding steroid dienone is 2. The number of nitrogens with one attached hydrogen (secondary N) is 2. The lowest BCUT2D eigenvalue weighted by Gasteiger charge is -2.49. The van der Waals surface area contributed by atoms with Gasteiger partial charge in [-0.15, -0.1) is 0 Å². The van der Waals surface area contributed by atoms with Gasteiger partial charge in [0.05, 0.1) is 5.70 Å². The zero-order valence-electron chi connectivity index (χ0n) is 16.7. The first-order valence-corrected chi connectivity index (χ1v) is 9.72. The molecule has 6 heteroatoms. The van der Waals surface area contributed by atoms with Crippen LogP contribution in [0.3, 0.4) is 0 Å². The van der Waals surface area contributed by atoms with E-state index < -0.39 is 5.79 Å². The molecule has 0 radical (unpaired) electrons. The van der Waals surface area contributed by atoms with Crippen LogP contribution in [0.1, 0.15) is 5.56 Å². The van der Waals surface area contributed by atoms with Crippen LogP contribution in [0.15, 0.2) is 114 Å². The monoisotopic (exact) mass is 404 g/mol. The lowest BCUT2D eigenvalue weighted by Crippen LogP contribution is -2.64. The summed E-state index contributed by atoms with van der Waals surface area (Å²) in [5.41, 5.74) is 9.40. The van der Waals surface area contributed by atoms with Gasteiger partial charge in [0.15, 0.2) is 5.57 Å². The lowest BCUT2D eigenvalue weighted by atomic mass is 9.99. The van der Waals surface area contributed by atoms with Gasteiger partial charge in [-0.2, -0.15) is 10.5 Å². The molecule has 3 aromatic rings. The van der Waals surface area contributed by atoms with Gasteiger partial charge in [0, 0.05) is 23.0 Å². The lowest BCUT2D eigenvalue weighted by molar-refractivity contribution is 0.404. The third-order valence-electron chi connectivity index (χ3n) is 5.00. The fraction of sp³-hybridized carbons (Fsp3) is 0.0400. The number of nitriles is 2. The van der Waals surface area contributed by atoms with Crippen LogP contribution in [-0.2, 0) is 5.79 Å². The molecule has 1 aliphatic rings. The Kier molecular flexibility index (Phi) is 5.29. The maximum atomic E-state index is 9.50. The molecule has 4 rings (SSSR count). The van der Waals surface area contributed by atoms with Crippen LogP contribution >= 0.6 is 0 Å². The van der Waals surface area contributed by atoms with Gasteiger partial charge in [-0.3, -0.25) is 4.90 Å². The van der Waals surface area contributed by atoms with Crippen LogP contribution in [-0.4, -0.2) is 0 Å². The quantitative estimate of drug-likeness (QED) is 0.566. The molecule has 150 valence electrons. The van der Waals surface area contributed by atoms with E-state index >= 15 is 0 Å². The standard InChI is InChI=1S/C25H20N6/c26-17-19(18-27)23-16-24(28)31(22-14-8-3-9-15-22)25(30-23,20-10-4-1-5-11-20)29-21-12-6-2-7-13-21/h1-16,29-30H,28H2. The highest BCUT2D eigenvalue weighted by Gasteiger charge is 2.44. The Bertz CT molecular complexity index is 1190. The summed E-state index contributed by atoms with van der Waals surface area (Å²) < 4.78 is 0. The van der Waals surface area contributed by atoms with Crippen molar-refractivity contribution in [1.82, 2.24) is 5.32 Å². The Balaban J connectivity index is 2.02. The first-order valence-electron chi connectivity index (χ1n) is 9.72. The molecular formula is C25H20N6. The van der Waals surface area contributed by atoms with Crippen LogP contribution in [0.4, 0.5) is 11.4 Å². The summed E-state index contributed by atoms with van der Waals surface area (Å²) in [6, 6.07) is 33.1. The van der Waals surface area contributed by atoms with Crippen molar-refractivity contribution in [3.8, 4) is 12.1 Å². The van der Waals surface area contributed by atoms with Crippen molar-refractivity contribution in [3.63, 3.8) is 0 Å².